The van der Waals surface area contributed by atoms with Crippen LogP contribution in [0.1, 0.15) is 19.4 Å². The molecule has 0 unspecified atom stereocenters. The lowest BCUT2D eigenvalue weighted by Crippen LogP contribution is -2.19. The van der Waals surface area contributed by atoms with E-state index >= 15 is 0 Å². The second-order valence-electron chi connectivity index (χ2n) is 7.33. The Hall–Kier alpha value is -3.93. The number of nitrogens with one attached hydrogen (secondary N) is 1. The lowest BCUT2D eigenvalue weighted by molar-refractivity contribution is -0.384. The number of hydrogen-bond donors (Lipinski definition) is 1. The molecule has 0 aliphatic rings. The van der Waals surface area contributed by atoms with E-state index in [-0.39, 0.29) is 23.5 Å². The average molecular weight is 485 g/mol. The Bertz CT molecular complexity index is 1210. The first kappa shape index (κ1) is 24.7. The number of ether oxygens (including phenoxy) is 2. The number of nitro benzene ring substituents is 1. The van der Waals surface area contributed by atoms with E-state index in [0.29, 0.717) is 28.0 Å². The number of nitro groups is 1. The average Bonchev–Trinajstić information content (AvgIpc) is 3.18. The van der Waals surface area contributed by atoms with Gasteiger partial charge in [-0.2, -0.15) is 5.10 Å². The molecule has 0 saturated carbocycles. The molecule has 0 fully saturated rings. The topological polar surface area (TPSA) is 134 Å². The molecular formula is C22H24N6O5S. The molecule has 0 saturated heterocycles. The van der Waals surface area contributed by atoms with Crippen LogP contribution in [-0.2, 0) is 11.8 Å². The van der Waals surface area contributed by atoms with E-state index < -0.39 is 4.92 Å². The van der Waals surface area contributed by atoms with Crippen LogP contribution in [0.2, 0.25) is 0 Å². The summed E-state index contributed by atoms with van der Waals surface area (Å²) in [5, 5.41) is 23.6. The second kappa shape index (κ2) is 11.3. The minimum atomic E-state index is -0.468. The van der Waals surface area contributed by atoms with Crippen LogP contribution in [0.3, 0.4) is 0 Å². The molecule has 11 nitrogen and oxygen atoms in total. The van der Waals surface area contributed by atoms with Crippen LogP contribution in [-0.4, -0.2) is 50.8 Å². The van der Waals surface area contributed by atoms with Crippen molar-refractivity contribution in [1.82, 2.24) is 20.2 Å². The molecule has 0 bridgehead atoms. The van der Waals surface area contributed by atoms with Crippen molar-refractivity contribution in [2.75, 3.05) is 12.9 Å². The molecule has 1 heterocycles. The number of carbonyl (C=O) groups is 1. The minimum absolute atomic E-state index is 0.0152. The van der Waals surface area contributed by atoms with E-state index in [9.17, 15) is 14.9 Å². The maximum atomic E-state index is 12.2. The molecule has 3 aromatic rings. The van der Waals surface area contributed by atoms with Gasteiger partial charge in [0.2, 0.25) is 0 Å². The van der Waals surface area contributed by atoms with Gasteiger partial charge in [-0.15, -0.1) is 10.2 Å². The third kappa shape index (κ3) is 6.32. The van der Waals surface area contributed by atoms with Crippen molar-refractivity contribution in [2.45, 2.75) is 25.1 Å². The Morgan fingerprint density at radius 3 is 2.76 bits per heavy atom. The zero-order valence-corrected chi connectivity index (χ0v) is 19.9. The Kier molecular flexibility index (Phi) is 8.19. The van der Waals surface area contributed by atoms with Gasteiger partial charge in [-0.05, 0) is 37.6 Å². The van der Waals surface area contributed by atoms with E-state index in [0.717, 1.165) is 5.56 Å². The molecule has 2 aromatic carbocycles. The van der Waals surface area contributed by atoms with Crippen LogP contribution in [0.15, 0.2) is 52.7 Å². The third-order valence-electron chi connectivity index (χ3n) is 4.44. The second-order valence-corrected chi connectivity index (χ2v) is 8.27. The zero-order chi connectivity index (χ0) is 24.7. The van der Waals surface area contributed by atoms with Gasteiger partial charge < -0.3 is 14.0 Å². The van der Waals surface area contributed by atoms with Crippen molar-refractivity contribution in [3.8, 4) is 22.9 Å². The highest BCUT2D eigenvalue weighted by molar-refractivity contribution is 7.99. The van der Waals surface area contributed by atoms with Gasteiger partial charge in [0.1, 0.15) is 0 Å². The predicted octanol–water partition coefficient (Wildman–Crippen LogP) is 3.43. The van der Waals surface area contributed by atoms with Gasteiger partial charge in [0.25, 0.3) is 11.6 Å². The number of thioether (sulfide) groups is 1. The normalized spacial score (nSPS) is 11.1. The summed E-state index contributed by atoms with van der Waals surface area (Å²) >= 11 is 1.17. The van der Waals surface area contributed by atoms with E-state index in [1.807, 2.05) is 13.8 Å². The molecular weight excluding hydrogens is 460 g/mol. The number of hydrogen-bond acceptors (Lipinski definition) is 9. The quantitative estimate of drug-likeness (QED) is 0.200. The van der Waals surface area contributed by atoms with Crippen LogP contribution in [0, 0.1) is 10.1 Å². The minimum Gasteiger partial charge on any atom is -0.493 e. The molecule has 0 aliphatic carbocycles. The number of rotatable bonds is 10. The zero-order valence-electron chi connectivity index (χ0n) is 19.1. The Morgan fingerprint density at radius 2 is 2.06 bits per heavy atom. The van der Waals surface area contributed by atoms with Gasteiger partial charge in [-0.25, -0.2) is 5.43 Å². The van der Waals surface area contributed by atoms with E-state index in [4.69, 9.17) is 9.47 Å². The summed E-state index contributed by atoms with van der Waals surface area (Å²) in [4.78, 5) is 22.7. The summed E-state index contributed by atoms with van der Waals surface area (Å²) in [6.45, 7) is 3.86. The molecule has 0 aliphatic heterocycles. The van der Waals surface area contributed by atoms with Crippen molar-refractivity contribution >= 4 is 29.6 Å². The molecule has 3 rings (SSSR count). The standard InChI is InChI=1S/C22H24N6O5S/c1-14(2)33-18-9-8-15(10-19(18)32-4)12-23-24-20(29)13-34-22-26-25-21(27(22)3)16-6-5-7-17(11-16)28(30)31/h5-12,14H,13H2,1-4H3,(H,24,29). The molecule has 178 valence electrons. The largest absolute Gasteiger partial charge is 0.493 e. The summed E-state index contributed by atoms with van der Waals surface area (Å²) in [5.41, 5.74) is 3.73. The lowest BCUT2D eigenvalue weighted by Gasteiger charge is -2.13. The maximum absolute atomic E-state index is 12.2. The number of methoxy groups -OCH3 is 1. The molecule has 12 heteroatoms. The van der Waals surface area contributed by atoms with Gasteiger partial charge in [-0.3, -0.25) is 14.9 Å². The highest BCUT2D eigenvalue weighted by Crippen LogP contribution is 2.28. The molecule has 1 amide bonds. The highest BCUT2D eigenvalue weighted by atomic mass is 32.2. The molecule has 34 heavy (non-hydrogen) atoms. The smallest absolute Gasteiger partial charge is 0.270 e. The number of nitrogens with zero attached hydrogens (tertiary/aromatic N) is 5. The van der Waals surface area contributed by atoms with Gasteiger partial charge in [0, 0.05) is 24.7 Å². The summed E-state index contributed by atoms with van der Waals surface area (Å²) in [6.07, 6.45) is 1.52. The summed E-state index contributed by atoms with van der Waals surface area (Å²) in [5.74, 6) is 1.39. The van der Waals surface area contributed by atoms with Gasteiger partial charge in [0.05, 0.1) is 30.1 Å². The summed E-state index contributed by atoms with van der Waals surface area (Å²) in [6, 6.07) is 11.5. The maximum Gasteiger partial charge on any atom is 0.270 e. The van der Waals surface area contributed by atoms with Crippen molar-refractivity contribution in [2.24, 2.45) is 12.1 Å². The van der Waals surface area contributed by atoms with Crippen molar-refractivity contribution in [1.29, 1.82) is 0 Å². The molecule has 0 radical (unpaired) electrons. The van der Waals surface area contributed by atoms with Crippen molar-refractivity contribution in [3.05, 3.63) is 58.1 Å². The number of non-ortho nitro benzene ring substituents is 1. The fourth-order valence-electron chi connectivity index (χ4n) is 2.91. The van der Waals surface area contributed by atoms with Crippen molar-refractivity contribution in [3.63, 3.8) is 0 Å². The number of carbonyl (C=O) groups excluding carboxylic acids is 1. The number of aromatic nitrogens is 3. The van der Waals surface area contributed by atoms with Gasteiger partial charge >= 0.3 is 0 Å². The summed E-state index contributed by atoms with van der Waals surface area (Å²) in [7, 11) is 3.28. The van der Waals surface area contributed by atoms with Crippen LogP contribution in [0.4, 0.5) is 5.69 Å². The van der Waals surface area contributed by atoms with E-state index in [1.54, 1.807) is 49.1 Å². The SMILES string of the molecule is COc1cc(C=NNC(=O)CSc2nnc(-c3cccc([N+](=O)[O-])c3)n2C)ccc1OC(C)C. The number of benzene rings is 2. The van der Waals surface area contributed by atoms with Crippen LogP contribution < -0.4 is 14.9 Å². The first-order valence-corrected chi connectivity index (χ1v) is 11.2. The van der Waals surface area contributed by atoms with Crippen molar-refractivity contribution < 1.29 is 19.2 Å². The first-order chi connectivity index (χ1) is 16.3. The predicted molar refractivity (Wildman–Crippen MR) is 128 cm³/mol. The Balaban J connectivity index is 1.57. The third-order valence-corrected chi connectivity index (χ3v) is 5.46. The fraction of sp³-hybridized carbons (Fsp3) is 0.273. The van der Waals surface area contributed by atoms with Crippen LogP contribution >= 0.6 is 11.8 Å². The number of amides is 1. The van der Waals surface area contributed by atoms with Crippen LogP contribution in [0.25, 0.3) is 11.4 Å². The number of hydrazone groups is 1. The highest BCUT2D eigenvalue weighted by Gasteiger charge is 2.15. The monoisotopic (exact) mass is 484 g/mol. The van der Waals surface area contributed by atoms with E-state index in [2.05, 4.69) is 20.7 Å². The summed E-state index contributed by atoms with van der Waals surface area (Å²) < 4.78 is 12.7. The first-order valence-electron chi connectivity index (χ1n) is 10.2. The molecule has 1 N–H and O–H groups in total. The Labute approximate surface area is 200 Å². The molecule has 1 aromatic heterocycles. The van der Waals surface area contributed by atoms with Gasteiger partial charge in [-0.1, -0.05) is 23.9 Å². The Morgan fingerprint density at radius 1 is 1.26 bits per heavy atom. The van der Waals surface area contributed by atoms with Crippen LogP contribution in [0.5, 0.6) is 11.5 Å². The molecule has 0 atom stereocenters. The fourth-order valence-corrected chi connectivity index (χ4v) is 3.61. The van der Waals surface area contributed by atoms with Gasteiger partial charge in [0.15, 0.2) is 22.5 Å². The molecule has 0 spiro atoms. The van der Waals surface area contributed by atoms with E-state index in [1.165, 1.54) is 30.1 Å². The lowest BCUT2D eigenvalue weighted by atomic mass is 10.2.